The Morgan fingerprint density at radius 1 is 0.804 bits per heavy atom. The van der Waals surface area contributed by atoms with Crippen LogP contribution in [0.3, 0.4) is 0 Å². The number of fused-ring (bicyclic) bond motifs is 4. The molecule has 4 aromatic rings. The van der Waals surface area contributed by atoms with Gasteiger partial charge in [-0.15, -0.1) is 0 Å². The Balaban J connectivity index is 1.50. The number of nitrogens with one attached hydrogen (secondary N) is 1. The predicted octanol–water partition coefficient (Wildman–Crippen LogP) is 8.72. The molecular formula is C43H55N3O5. The second kappa shape index (κ2) is 17.3. The van der Waals surface area contributed by atoms with Crippen LogP contribution >= 0.6 is 0 Å². The van der Waals surface area contributed by atoms with Crippen LogP contribution in [0, 0.1) is 0 Å². The molecule has 0 saturated carbocycles. The maximum atomic E-state index is 15.4. The summed E-state index contributed by atoms with van der Waals surface area (Å²) in [6, 6.07) is 30.6. The number of carbonyl (C=O) groups excluding carboxylic acids is 2. The van der Waals surface area contributed by atoms with E-state index in [1.54, 1.807) is 0 Å². The van der Waals surface area contributed by atoms with Gasteiger partial charge in [-0.05, 0) is 106 Å². The molecule has 1 N–H and O–H groups in total. The second-order valence-electron chi connectivity index (χ2n) is 14.3. The van der Waals surface area contributed by atoms with Gasteiger partial charge in [0.15, 0.2) is 6.29 Å². The molecule has 5 rings (SSSR count). The molecule has 272 valence electrons. The van der Waals surface area contributed by atoms with Crippen molar-refractivity contribution in [3.05, 3.63) is 108 Å². The fourth-order valence-corrected chi connectivity index (χ4v) is 7.25. The van der Waals surface area contributed by atoms with Gasteiger partial charge in [0.05, 0.1) is 18.1 Å². The van der Waals surface area contributed by atoms with Crippen molar-refractivity contribution in [1.29, 1.82) is 0 Å². The first kappa shape index (κ1) is 38.0. The summed E-state index contributed by atoms with van der Waals surface area (Å²) in [7, 11) is 2.08. The SMILES string of the molecule is CCOC(OCC)[C@H](C)N(Cc1cccc2ccccc12)C(=O)[C@H](CCCCNC(=O)OC(C)(C)C)N(C)C1c2ccccc2-c2ccccc21. The van der Waals surface area contributed by atoms with Crippen LogP contribution in [-0.4, -0.2) is 72.6 Å². The standard InChI is InChI=1S/C43H55N3O5/c1-8-49-41(50-9-2)30(3)46(29-32-21-18-20-31-19-10-11-22-33(31)32)40(47)38(27-16-17-28-44-42(48)51-43(4,5)6)45(7)39-36-25-14-12-23-34(36)35-24-13-15-26-37(35)39/h10-15,18-26,30,38-39,41H,8-9,16-17,27-29H2,1-7H3,(H,44,48)/t30-,38-/m0/s1. The van der Waals surface area contributed by atoms with E-state index in [0.29, 0.717) is 39.1 Å². The summed E-state index contributed by atoms with van der Waals surface area (Å²) in [5.41, 5.74) is 5.29. The van der Waals surface area contributed by atoms with Crippen LogP contribution in [0.15, 0.2) is 91.0 Å². The van der Waals surface area contributed by atoms with Gasteiger partial charge in [-0.1, -0.05) is 91.0 Å². The van der Waals surface area contributed by atoms with Gasteiger partial charge in [-0.25, -0.2) is 4.79 Å². The third kappa shape index (κ3) is 9.17. The molecule has 0 spiro atoms. The Hall–Kier alpha value is -4.24. The number of ether oxygens (including phenoxy) is 3. The van der Waals surface area contributed by atoms with Gasteiger partial charge in [0, 0.05) is 26.3 Å². The van der Waals surface area contributed by atoms with Crippen LogP contribution < -0.4 is 5.32 Å². The molecule has 4 aromatic carbocycles. The highest BCUT2D eigenvalue weighted by molar-refractivity contribution is 5.87. The summed E-state index contributed by atoms with van der Waals surface area (Å²) in [5, 5.41) is 5.13. The van der Waals surface area contributed by atoms with Gasteiger partial charge < -0.3 is 24.4 Å². The lowest BCUT2D eigenvalue weighted by atomic mass is 9.97. The minimum atomic E-state index is -0.587. The van der Waals surface area contributed by atoms with Gasteiger partial charge in [-0.3, -0.25) is 9.69 Å². The Kier molecular flexibility index (Phi) is 12.9. The van der Waals surface area contributed by atoms with Gasteiger partial charge in [0.1, 0.15) is 5.60 Å². The molecule has 0 aliphatic heterocycles. The molecule has 2 amide bonds. The Labute approximate surface area is 304 Å². The maximum absolute atomic E-state index is 15.4. The molecule has 0 heterocycles. The molecule has 1 aliphatic carbocycles. The maximum Gasteiger partial charge on any atom is 0.407 e. The molecule has 0 aromatic heterocycles. The average molecular weight is 694 g/mol. The summed E-state index contributed by atoms with van der Waals surface area (Å²) in [6.45, 7) is 13.3. The fraction of sp³-hybridized carbons (Fsp3) is 0.442. The van der Waals surface area contributed by atoms with Crippen LogP contribution in [-0.2, 0) is 25.5 Å². The topological polar surface area (TPSA) is 80.3 Å². The first-order valence-electron chi connectivity index (χ1n) is 18.4. The number of benzene rings is 4. The lowest BCUT2D eigenvalue weighted by Gasteiger charge is -2.40. The molecular weight excluding hydrogens is 638 g/mol. The van der Waals surface area contributed by atoms with Crippen molar-refractivity contribution >= 4 is 22.8 Å². The van der Waals surface area contributed by atoms with E-state index in [0.717, 1.165) is 22.8 Å². The van der Waals surface area contributed by atoms with Crippen LogP contribution in [0.25, 0.3) is 21.9 Å². The van der Waals surface area contributed by atoms with Crippen LogP contribution in [0.4, 0.5) is 4.79 Å². The predicted molar refractivity (Wildman–Crippen MR) is 204 cm³/mol. The van der Waals surface area contributed by atoms with E-state index in [-0.39, 0.29) is 18.0 Å². The minimum Gasteiger partial charge on any atom is -0.444 e. The number of hydrogen-bond donors (Lipinski definition) is 1. The Morgan fingerprint density at radius 3 is 2.02 bits per heavy atom. The molecule has 8 nitrogen and oxygen atoms in total. The van der Waals surface area contributed by atoms with E-state index in [2.05, 4.69) is 96.1 Å². The number of alkyl carbamates (subject to hydrolysis) is 1. The van der Waals surface area contributed by atoms with Crippen LogP contribution in [0.1, 0.15) is 83.5 Å². The molecule has 1 aliphatic rings. The second-order valence-corrected chi connectivity index (χ2v) is 14.3. The zero-order chi connectivity index (χ0) is 36.5. The Morgan fingerprint density at radius 2 is 1.39 bits per heavy atom. The fourth-order valence-electron chi connectivity index (χ4n) is 7.25. The summed E-state index contributed by atoms with van der Waals surface area (Å²) in [4.78, 5) is 31.9. The van der Waals surface area contributed by atoms with E-state index in [1.807, 2.05) is 58.6 Å². The number of nitrogens with zero attached hydrogens (tertiary/aromatic N) is 2. The smallest absolute Gasteiger partial charge is 0.407 e. The van der Waals surface area contributed by atoms with Crippen LogP contribution in [0.2, 0.25) is 0 Å². The number of amides is 2. The number of carbonyl (C=O) groups is 2. The quantitative estimate of drug-likeness (QED) is 0.0935. The largest absolute Gasteiger partial charge is 0.444 e. The van der Waals surface area contributed by atoms with E-state index >= 15 is 4.79 Å². The van der Waals surface area contributed by atoms with E-state index in [1.165, 1.54) is 22.3 Å². The van der Waals surface area contributed by atoms with Gasteiger partial charge >= 0.3 is 6.09 Å². The first-order valence-corrected chi connectivity index (χ1v) is 18.4. The summed E-state index contributed by atoms with van der Waals surface area (Å²) in [5.74, 6) is 0.0179. The minimum absolute atomic E-state index is 0.0179. The van der Waals surface area contributed by atoms with Crippen molar-refractivity contribution in [1.82, 2.24) is 15.1 Å². The summed E-state index contributed by atoms with van der Waals surface area (Å²) < 4.78 is 17.7. The van der Waals surface area contributed by atoms with Crippen molar-refractivity contribution in [3.8, 4) is 11.1 Å². The molecule has 0 radical (unpaired) electrons. The van der Waals surface area contributed by atoms with Gasteiger partial charge in [0.2, 0.25) is 5.91 Å². The van der Waals surface area contributed by atoms with E-state index in [9.17, 15) is 4.79 Å². The zero-order valence-corrected chi connectivity index (χ0v) is 31.4. The van der Waals surface area contributed by atoms with Crippen molar-refractivity contribution in [2.45, 2.75) is 97.4 Å². The number of likely N-dealkylation sites (N-methyl/N-ethyl adjacent to an activating group) is 1. The third-order valence-corrected chi connectivity index (χ3v) is 9.61. The zero-order valence-electron chi connectivity index (χ0n) is 31.4. The number of rotatable bonds is 16. The number of unbranched alkanes of at least 4 members (excludes halogenated alkanes) is 1. The average Bonchev–Trinajstić information content (AvgIpc) is 3.45. The van der Waals surface area contributed by atoms with Crippen molar-refractivity contribution in [2.24, 2.45) is 0 Å². The summed E-state index contributed by atoms with van der Waals surface area (Å²) in [6.07, 6.45) is 1.01. The molecule has 51 heavy (non-hydrogen) atoms. The van der Waals surface area contributed by atoms with E-state index in [4.69, 9.17) is 14.2 Å². The lowest BCUT2D eigenvalue weighted by Crippen LogP contribution is -2.54. The molecule has 8 heteroatoms. The molecule has 2 atom stereocenters. The number of hydrogen-bond acceptors (Lipinski definition) is 6. The van der Waals surface area contributed by atoms with Crippen molar-refractivity contribution in [2.75, 3.05) is 26.8 Å². The van der Waals surface area contributed by atoms with Gasteiger partial charge in [-0.2, -0.15) is 0 Å². The first-order chi connectivity index (χ1) is 24.5. The Bertz CT molecular complexity index is 1710. The molecule has 0 fully saturated rings. The normalized spacial score (nSPS) is 14.0. The summed E-state index contributed by atoms with van der Waals surface area (Å²) >= 11 is 0. The molecule has 0 bridgehead atoms. The monoisotopic (exact) mass is 693 g/mol. The van der Waals surface area contributed by atoms with E-state index < -0.39 is 24.0 Å². The van der Waals surface area contributed by atoms with Crippen LogP contribution in [0.5, 0.6) is 0 Å². The van der Waals surface area contributed by atoms with Crippen molar-refractivity contribution in [3.63, 3.8) is 0 Å². The molecule has 0 saturated heterocycles. The van der Waals surface area contributed by atoms with Gasteiger partial charge in [0.25, 0.3) is 0 Å². The third-order valence-electron chi connectivity index (χ3n) is 9.61. The highest BCUT2D eigenvalue weighted by Crippen LogP contribution is 2.46. The highest BCUT2D eigenvalue weighted by atomic mass is 16.7. The lowest BCUT2D eigenvalue weighted by molar-refractivity contribution is -0.181. The van der Waals surface area contributed by atoms with Crippen molar-refractivity contribution < 1.29 is 23.8 Å². The molecule has 0 unspecified atom stereocenters. The highest BCUT2D eigenvalue weighted by Gasteiger charge is 2.40.